The van der Waals surface area contributed by atoms with Crippen molar-refractivity contribution in [1.82, 2.24) is 5.32 Å². The lowest BCUT2D eigenvalue weighted by atomic mass is 10.0. The van der Waals surface area contributed by atoms with Crippen molar-refractivity contribution in [2.75, 3.05) is 6.54 Å². The Morgan fingerprint density at radius 3 is 2.50 bits per heavy atom. The largest absolute Gasteiger partial charge is 0.310 e. The molecule has 1 aromatic carbocycles. The van der Waals surface area contributed by atoms with Crippen molar-refractivity contribution in [3.8, 4) is 0 Å². The number of rotatable bonds is 5. The molecule has 1 nitrogen and oxygen atoms in total. The number of hydrogen-bond donors (Lipinski definition) is 1. The summed E-state index contributed by atoms with van der Waals surface area (Å²) in [6.07, 6.45) is 0.872. The van der Waals surface area contributed by atoms with Crippen LogP contribution >= 0.6 is 22.9 Å². The maximum Gasteiger partial charge on any atom is 0.123 e. The molecule has 1 aromatic heterocycles. The van der Waals surface area contributed by atoms with Crippen molar-refractivity contribution in [2.45, 2.75) is 19.4 Å². The molecule has 4 heteroatoms. The van der Waals surface area contributed by atoms with E-state index in [0.717, 1.165) is 22.9 Å². The molecule has 18 heavy (non-hydrogen) atoms. The van der Waals surface area contributed by atoms with Crippen LogP contribution in [0, 0.1) is 5.82 Å². The van der Waals surface area contributed by atoms with E-state index in [2.05, 4.69) is 12.2 Å². The molecule has 0 bridgehead atoms. The Kier molecular flexibility index (Phi) is 4.75. The molecule has 0 amide bonds. The third kappa shape index (κ3) is 3.55. The van der Waals surface area contributed by atoms with Gasteiger partial charge in [-0.25, -0.2) is 4.39 Å². The highest BCUT2D eigenvalue weighted by Crippen LogP contribution is 2.26. The van der Waals surface area contributed by atoms with Gasteiger partial charge in [-0.2, -0.15) is 0 Å². The van der Waals surface area contributed by atoms with Gasteiger partial charge in [-0.05, 0) is 36.4 Å². The van der Waals surface area contributed by atoms with Crippen molar-refractivity contribution in [3.05, 3.63) is 57.0 Å². The highest BCUT2D eigenvalue weighted by Gasteiger charge is 2.12. The van der Waals surface area contributed by atoms with Crippen LogP contribution in [-0.4, -0.2) is 6.54 Å². The van der Waals surface area contributed by atoms with Crippen LogP contribution in [0.5, 0.6) is 0 Å². The summed E-state index contributed by atoms with van der Waals surface area (Å²) in [7, 11) is 0. The molecule has 0 saturated heterocycles. The van der Waals surface area contributed by atoms with Crippen LogP contribution < -0.4 is 5.32 Å². The van der Waals surface area contributed by atoms with Crippen LogP contribution in [0.25, 0.3) is 0 Å². The third-order valence-electron chi connectivity index (χ3n) is 2.76. The van der Waals surface area contributed by atoms with E-state index in [1.807, 2.05) is 24.3 Å². The normalized spacial score (nSPS) is 12.6. The summed E-state index contributed by atoms with van der Waals surface area (Å²) in [5, 5.41) is 3.42. The van der Waals surface area contributed by atoms with Gasteiger partial charge in [0.15, 0.2) is 0 Å². The summed E-state index contributed by atoms with van der Waals surface area (Å²) < 4.78 is 13.7. The molecular weight excluding hydrogens is 269 g/mol. The zero-order valence-corrected chi connectivity index (χ0v) is 11.7. The summed E-state index contributed by atoms with van der Waals surface area (Å²) in [5.41, 5.74) is 1.10. The first-order valence-corrected chi connectivity index (χ1v) is 7.11. The smallest absolute Gasteiger partial charge is 0.123 e. The minimum atomic E-state index is -0.201. The van der Waals surface area contributed by atoms with Gasteiger partial charge in [0.05, 0.1) is 4.34 Å². The van der Waals surface area contributed by atoms with Crippen molar-refractivity contribution in [2.24, 2.45) is 0 Å². The van der Waals surface area contributed by atoms with Gasteiger partial charge in [0.25, 0.3) is 0 Å². The summed E-state index contributed by atoms with van der Waals surface area (Å²) in [5.74, 6) is -0.201. The van der Waals surface area contributed by atoms with Crippen LogP contribution in [0.15, 0.2) is 36.4 Å². The van der Waals surface area contributed by atoms with Crippen LogP contribution in [0.1, 0.15) is 23.4 Å². The highest BCUT2D eigenvalue weighted by molar-refractivity contribution is 7.16. The second kappa shape index (κ2) is 6.32. The molecule has 0 radical (unpaired) electrons. The minimum absolute atomic E-state index is 0.199. The number of hydrogen-bond acceptors (Lipinski definition) is 2. The van der Waals surface area contributed by atoms with Gasteiger partial charge in [0.2, 0.25) is 0 Å². The molecule has 2 rings (SSSR count). The zero-order chi connectivity index (χ0) is 13.0. The molecule has 1 N–H and O–H groups in total. The molecular formula is C14H15ClFNS. The highest BCUT2D eigenvalue weighted by atomic mass is 35.5. The quantitative estimate of drug-likeness (QED) is 0.856. The number of thiophene rings is 1. The van der Waals surface area contributed by atoms with Crippen LogP contribution in [0.3, 0.4) is 0 Å². The molecule has 1 atom stereocenters. The van der Waals surface area contributed by atoms with E-state index < -0.39 is 0 Å². The van der Waals surface area contributed by atoms with Crippen molar-refractivity contribution >= 4 is 22.9 Å². The van der Waals surface area contributed by atoms with E-state index in [4.69, 9.17) is 11.6 Å². The standard InChI is InChI=1S/C14H15ClFNS/c1-2-17-13(9-12-7-8-14(15)18-12)10-3-5-11(16)6-4-10/h3-8,13,17H,2,9H2,1H3. The summed E-state index contributed by atoms with van der Waals surface area (Å²) >= 11 is 7.53. The van der Waals surface area contributed by atoms with Crippen LogP contribution in [-0.2, 0) is 6.42 Å². The molecule has 1 unspecified atom stereocenters. The fourth-order valence-corrected chi connectivity index (χ4v) is 3.04. The van der Waals surface area contributed by atoms with Crippen LogP contribution in [0.2, 0.25) is 4.34 Å². The Morgan fingerprint density at radius 1 is 1.22 bits per heavy atom. The van der Waals surface area contributed by atoms with Gasteiger partial charge in [0, 0.05) is 17.3 Å². The van der Waals surface area contributed by atoms with Crippen LogP contribution in [0.4, 0.5) is 4.39 Å². The maximum absolute atomic E-state index is 12.9. The predicted octanol–water partition coefficient (Wildman–Crippen LogP) is 4.43. The zero-order valence-electron chi connectivity index (χ0n) is 10.1. The van der Waals surface area contributed by atoms with Gasteiger partial charge in [0.1, 0.15) is 5.82 Å². The lowest BCUT2D eigenvalue weighted by molar-refractivity contribution is 0.551. The topological polar surface area (TPSA) is 12.0 Å². The Labute approximate surface area is 116 Å². The molecule has 2 aromatic rings. The number of halogens is 2. The average molecular weight is 284 g/mol. The van der Waals surface area contributed by atoms with Crippen molar-refractivity contribution in [1.29, 1.82) is 0 Å². The Morgan fingerprint density at radius 2 is 1.94 bits per heavy atom. The number of likely N-dealkylation sites (N-methyl/N-ethyl adjacent to an activating group) is 1. The Bertz CT molecular complexity index is 495. The minimum Gasteiger partial charge on any atom is -0.310 e. The van der Waals surface area contributed by atoms with E-state index in [1.54, 1.807) is 11.3 Å². The van der Waals surface area contributed by atoms with Gasteiger partial charge < -0.3 is 5.32 Å². The first-order valence-electron chi connectivity index (χ1n) is 5.92. The first kappa shape index (κ1) is 13.5. The van der Waals surface area contributed by atoms with Gasteiger partial charge in [-0.15, -0.1) is 11.3 Å². The molecule has 0 spiro atoms. The molecule has 0 aliphatic carbocycles. The maximum atomic E-state index is 12.9. The number of benzene rings is 1. The summed E-state index contributed by atoms with van der Waals surface area (Å²) in [4.78, 5) is 1.23. The van der Waals surface area contributed by atoms with E-state index in [0.29, 0.717) is 0 Å². The van der Waals surface area contributed by atoms with E-state index in [1.165, 1.54) is 17.0 Å². The predicted molar refractivity (Wildman–Crippen MR) is 75.9 cm³/mol. The number of nitrogens with one attached hydrogen (secondary N) is 1. The third-order valence-corrected chi connectivity index (χ3v) is 4.01. The second-order valence-electron chi connectivity index (χ2n) is 4.07. The first-order chi connectivity index (χ1) is 8.69. The van der Waals surface area contributed by atoms with Gasteiger partial charge in [-0.3, -0.25) is 0 Å². The van der Waals surface area contributed by atoms with Crippen molar-refractivity contribution in [3.63, 3.8) is 0 Å². The molecule has 1 heterocycles. The Balaban J connectivity index is 2.14. The van der Waals surface area contributed by atoms with E-state index >= 15 is 0 Å². The Hall–Kier alpha value is -0.900. The fraction of sp³-hybridized carbons (Fsp3) is 0.286. The summed E-state index contributed by atoms with van der Waals surface area (Å²) in [6.45, 7) is 2.94. The summed E-state index contributed by atoms with van der Waals surface area (Å²) in [6, 6.07) is 10.8. The molecule has 0 aliphatic rings. The fourth-order valence-electron chi connectivity index (χ4n) is 1.91. The van der Waals surface area contributed by atoms with E-state index in [-0.39, 0.29) is 11.9 Å². The lowest BCUT2D eigenvalue weighted by Gasteiger charge is -2.17. The van der Waals surface area contributed by atoms with Crippen molar-refractivity contribution < 1.29 is 4.39 Å². The van der Waals surface area contributed by atoms with Gasteiger partial charge in [-0.1, -0.05) is 30.7 Å². The molecule has 0 saturated carbocycles. The van der Waals surface area contributed by atoms with Gasteiger partial charge >= 0.3 is 0 Å². The van der Waals surface area contributed by atoms with E-state index in [9.17, 15) is 4.39 Å². The molecule has 96 valence electrons. The molecule has 0 fully saturated rings. The second-order valence-corrected chi connectivity index (χ2v) is 5.87. The average Bonchev–Trinajstić information content (AvgIpc) is 2.75. The SMILES string of the molecule is CCNC(Cc1ccc(Cl)s1)c1ccc(F)cc1. The lowest BCUT2D eigenvalue weighted by Crippen LogP contribution is -2.22. The molecule has 0 aliphatic heterocycles. The monoisotopic (exact) mass is 283 g/mol.